The van der Waals surface area contributed by atoms with E-state index in [2.05, 4.69) is 27.7 Å². The number of ether oxygens (including phenoxy) is 1. The van der Waals surface area contributed by atoms with Crippen molar-refractivity contribution >= 4 is 11.9 Å². The van der Waals surface area contributed by atoms with E-state index in [0.717, 1.165) is 18.6 Å². The van der Waals surface area contributed by atoms with Crippen LogP contribution in [0.15, 0.2) is 37.3 Å². The van der Waals surface area contributed by atoms with E-state index in [9.17, 15) is 9.59 Å². The second-order valence-corrected chi connectivity index (χ2v) is 2.16. The first kappa shape index (κ1) is 12.0. The van der Waals surface area contributed by atoms with Gasteiger partial charge in [0.1, 0.15) is 6.26 Å². The van der Waals surface area contributed by atoms with Crippen molar-refractivity contribution in [3.05, 3.63) is 37.3 Å². The van der Waals surface area contributed by atoms with Crippen LogP contribution in [0.25, 0.3) is 0 Å². The van der Waals surface area contributed by atoms with Crippen LogP contribution in [-0.4, -0.2) is 11.9 Å². The van der Waals surface area contributed by atoms with Crippen LogP contribution in [0.5, 0.6) is 0 Å². The Kier molecular flexibility index (Phi) is 5.53. The fourth-order valence-corrected chi connectivity index (χ4v) is 0.308. The van der Waals surface area contributed by atoms with Gasteiger partial charge in [0.25, 0.3) is 0 Å². The number of rotatable bonds is 5. The molecule has 0 aliphatic carbocycles. The van der Waals surface area contributed by atoms with E-state index in [0.29, 0.717) is 0 Å². The average Bonchev–Trinajstić information content (AvgIpc) is 2.16. The molecule has 0 rings (SSSR count). The highest BCUT2D eigenvalue weighted by Gasteiger charge is 2.02. The topological polar surface area (TPSA) is 61.8 Å². The maximum Gasteiger partial charge on any atom is 0.381 e. The van der Waals surface area contributed by atoms with Gasteiger partial charge in [-0.05, 0) is 6.92 Å². The van der Waals surface area contributed by atoms with Gasteiger partial charge >= 0.3 is 11.9 Å². The highest BCUT2D eigenvalue weighted by Crippen LogP contribution is 1.93. The van der Waals surface area contributed by atoms with Gasteiger partial charge in [0.2, 0.25) is 0 Å². The predicted molar refractivity (Wildman–Crippen MR) is 47.4 cm³/mol. The molecule has 0 aromatic rings. The lowest BCUT2D eigenvalue weighted by atomic mass is 10.4. The number of carbonyl (C=O) groups excluding carboxylic acids is 2. The van der Waals surface area contributed by atoms with Crippen molar-refractivity contribution in [3.63, 3.8) is 0 Å². The molecule has 76 valence electrons. The van der Waals surface area contributed by atoms with Crippen molar-refractivity contribution in [2.45, 2.75) is 6.92 Å². The first-order chi connectivity index (χ1) is 6.57. The fourth-order valence-electron chi connectivity index (χ4n) is 0.308. The number of esters is 1. The van der Waals surface area contributed by atoms with E-state index < -0.39 is 11.9 Å². The van der Waals surface area contributed by atoms with Crippen molar-refractivity contribution in [2.75, 3.05) is 0 Å². The summed E-state index contributed by atoms with van der Waals surface area (Å²) in [6.07, 6.45) is 2.78. The number of hydrogen-bond donors (Lipinski definition) is 0. The Morgan fingerprint density at radius 2 is 1.93 bits per heavy atom. The lowest BCUT2D eigenvalue weighted by Gasteiger charge is -1.98. The maximum absolute atomic E-state index is 10.7. The Morgan fingerprint density at radius 1 is 1.29 bits per heavy atom. The van der Waals surface area contributed by atoms with Crippen molar-refractivity contribution in [1.29, 1.82) is 0 Å². The molecule has 5 nitrogen and oxygen atoms in total. The van der Waals surface area contributed by atoms with E-state index in [1.165, 1.54) is 6.92 Å². The number of hydrogen-bond acceptors (Lipinski definition) is 5. The van der Waals surface area contributed by atoms with Crippen LogP contribution < -0.4 is 0 Å². The van der Waals surface area contributed by atoms with Crippen molar-refractivity contribution in [3.8, 4) is 0 Å². The Labute approximate surface area is 81.2 Å². The fraction of sp³-hybridized carbons (Fsp3) is 0.111. The van der Waals surface area contributed by atoms with Gasteiger partial charge in [-0.1, -0.05) is 13.2 Å². The third kappa shape index (κ3) is 5.59. The average molecular weight is 198 g/mol. The molecular weight excluding hydrogens is 188 g/mol. The molecule has 0 aliphatic heterocycles. The first-order valence-electron chi connectivity index (χ1n) is 3.59. The van der Waals surface area contributed by atoms with Crippen LogP contribution >= 0.6 is 0 Å². The van der Waals surface area contributed by atoms with Gasteiger partial charge in [-0.3, -0.25) is 4.89 Å². The second kappa shape index (κ2) is 6.47. The Balaban J connectivity index is 3.64. The minimum absolute atomic E-state index is 0.196. The zero-order chi connectivity index (χ0) is 11.0. The van der Waals surface area contributed by atoms with Crippen LogP contribution in [0, 0.1) is 0 Å². The van der Waals surface area contributed by atoms with Gasteiger partial charge in [-0.25, -0.2) is 14.5 Å². The van der Waals surface area contributed by atoms with Gasteiger partial charge in [-0.2, -0.15) is 0 Å². The third-order valence-corrected chi connectivity index (χ3v) is 0.934. The predicted octanol–water partition coefficient (Wildman–Crippen LogP) is 1.24. The summed E-state index contributed by atoms with van der Waals surface area (Å²) in [5, 5.41) is 0. The molecule has 0 saturated heterocycles. The van der Waals surface area contributed by atoms with Crippen molar-refractivity contribution < 1.29 is 24.1 Å². The van der Waals surface area contributed by atoms with E-state index >= 15 is 0 Å². The summed E-state index contributed by atoms with van der Waals surface area (Å²) >= 11 is 0. The van der Waals surface area contributed by atoms with Gasteiger partial charge in [0.05, 0.1) is 0 Å². The zero-order valence-corrected chi connectivity index (χ0v) is 7.69. The first-order valence-corrected chi connectivity index (χ1v) is 3.59. The molecule has 5 heteroatoms. The largest absolute Gasteiger partial charge is 0.428 e. The SMILES string of the molecule is C=CC(=O)OC=COOC(=O)C(=C)C. The van der Waals surface area contributed by atoms with Crippen LogP contribution in [0.3, 0.4) is 0 Å². The Bertz CT molecular complexity index is 277. The van der Waals surface area contributed by atoms with Crippen LogP contribution in [-0.2, 0) is 24.1 Å². The number of carbonyl (C=O) groups is 2. The molecule has 0 heterocycles. The molecule has 0 spiro atoms. The van der Waals surface area contributed by atoms with Crippen LogP contribution in [0.1, 0.15) is 6.92 Å². The summed E-state index contributed by atoms with van der Waals surface area (Å²) in [5.74, 6) is -1.35. The van der Waals surface area contributed by atoms with E-state index in [1.807, 2.05) is 0 Å². The van der Waals surface area contributed by atoms with Crippen LogP contribution in [0.2, 0.25) is 0 Å². The molecule has 0 saturated carbocycles. The molecule has 14 heavy (non-hydrogen) atoms. The summed E-state index contributed by atoms with van der Waals surface area (Å²) in [7, 11) is 0. The molecule has 0 aromatic heterocycles. The van der Waals surface area contributed by atoms with Gasteiger partial charge in [0.15, 0.2) is 6.26 Å². The minimum atomic E-state index is -0.704. The van der Waals surface area contributed by atoms with Crippen LogP contribution in [0.4, 0.5) is 0 Å². The molecule has 0 radical (unpaired) electrons. The summed E-state index contributed by atoms with van der Waals surface area (Å²) in [6.45, 7) is 7.95. The molecular formula is C9H10O5. The molecule has 0 atom stereocenters. The Hall–Kier alpha value is -2.04. The van der Waals surface area contributed by atoms with Crippen molar-refractivity contribution in [1.82, 2.24) is 0 Å². The summed E-state index contributed by atoms with van der Waals surface area (Å²) in [5.41, 5.74) is 0.196. The highest BCUT2D eigenvalue weighted by atomic mass is 17.2. The van der Waals surface area contributed by atoms with Crippen molar-refractivity contribution in [2.24, 2.45) is 0 Å². The quantitative estimate of drug-likeness (QED) is 0.218. The van der Waals surface area contributed by atoms with E-state index in [4.69, 9.17) is 0 Å². The molecule has 0 N–H and O–H groups in total. The molecule has 0 unspecified atom stereocenters. The second-order valence-electron chi connectivity index (χ2n) is 2.16. The molecule has 0 fully saturated rings. The monoisotopic (exact) mass is 198 g/mol. The summed E-state index contributed by atoms with van der Waals surface area (Å²) in [6, 6.07) is 0. The summed E-state index contributed by atoms with van der Waals surface area (Å²) < 4.78 is 4.36. The smallest absolute Gasteiger partial charge is 0.381 e. The molecule has 0 aromatic carbocycles. The molecule has 0 aliphatic rings. The summed E-state index contributed by atoms with van der Waals surface area (Å²) in [4.78, 5) is 29.6. The maximum atomic E-state index is 10.7. The lowest BCUT2D eigenvalue weighted by Crippen LogP contribution is -2.03. The van der Waals surface area contributed by atoms with E-state index in [-0.39, 0.29) is 5.57 Å². The standard InChI is InChI=1S/C9H10O5/c1-4-8(10)12-5-6-13-14-9(11)7(2)3/h4-6H,1-2H2,3H3. The van der Waals surface area contributed by atoms with Gasteiger partial charge in [0, 0.05) is 11.6 Å². The van der Waals surface area contributed by atoms with Gasteiger partial charge < -0.3 is 4.74 Å². The molecule has 0 bridgehead atoms. The van der Waals surface area contributed by atoms with Gasteiger partial charge in [-0.15, -0.1) is 0 Å². The Morgan fingerprint density at radius 3 is 2.43 bits per heavy atom. The molecule has 0 amide bonds. The highest BCUT2D eigenvalue weighted by molar-refractivity contribution is 5.86. The third-order valence-electron chi connectivity index (χ3n) is 0.934. The lowest BCUT2D eigenvalue weighted by molar-refractivity contribution is -0.234. The minimum Gasteiger partial charge on any atom is -0.428 e. The normalized spacial score (nSPS) is 9.21. The van der Waals surface area contributed by atoms with E-state index in [1.54, 1.807) is 0 Å². The zero-order valence-electron chi connectivity index (χ0n) is 7.69.